The van der Waals surface area contributed by atoms with Gasteiger partial charge in [-0.3, -0.25) is 0 Å². The Morgan fingerprint density at radius 2 is 2.19 bits per heavy atom. The van der Waals surface area contributed by atoms with Crippen LogP contribution in [0.5, 0.6) is 0 Å². The molecular formula is C17H24N4. The van der Waals surface area contributed by atoms with Crippen LogP contribution in [-0.4, -0.2) is 21.5 Å². The first-order chi connectivity index (χ1) is 10.3. The van der Waals surface area contributed by atoms with Crippen LogP contribution in [0.25, 0.3) is 11.3 Å². The van der Waals surface area contributed by atoms with E-state index in [1.807, 2.05) is 10.9 Å². The molecule has 0 bridgehead atoms. The van der Waals surface area contributed by atoms with E-state index in [-0.39, 0.29) is 0 Å². The molecule has 0 fully saturated rings. The van der Waals surface area contributed by atoms with Crippen LogP contribution in [-0.2, 0) is 13.0 Å². The lowest BCUT2D eigenvalue weighted by molar-refractivity contribution is 0.529. The largest absolute Gasteiger partial charge is 0.310 e. The van der Waals surface area contributed by atoms with Crippen LogP contribution in [0.2, 0.25) is 0 Å². The zero-order valence-corrected chi connectivity index (χ0v) is 13.0. The third kappa shape index (κ3) is 2.86. The van der Waals surface area contributed by atoms with Crippen molar-refractivity contribution in [2.45, 2.75) is 52.1 Å². The lowest BCUT2D eigenvalue weighted by Crippen LogP contribution is -2.19. The normalized spacial score (nSPS) is 17.1. The van der Waals surface area contributed by atoms with Gasteiger partial charge in [-0.15, -0.1) is 5.10 Å². The van der Waals surface area contributed by atoms with Crippen LogP contribution in [0.15, 0.2) is 24.4 Å². The summed E-state index contributed by atoms with van der Waals surface area (Å²) in [5, 5.41) is 11.9. The number of benzene rings is 1. The summed E-state index contributed by atoms with van der Waals surface area (Å²) in [6.07, 6.45) is 6.51. The highest BCUT2D eigenvalue weighted by atomic mass is 15.4. The van der Waals surface area contributed by atoms with Crippen LogP contribution in [0.1, 0.15) is 50.3 Å². The summed E-state index contributed by atoms with van der Waals surface area (Å²) in [5.41, 5.74) is 5.32. The molecule has 1 heterocycles. The summed E-state index contributed by atoms with van der Waals surface area (Å²) >= 11 is 0. The minimum atomic E-state index is 0.535. The van der Waals surface area contributed by atoms with Crippen LogP contribution in [0, 0.1) is 0 Å². The molecule has 0 radical (unpaired) electrons. The van der Waals surface area contributed by atoms with Crippen molar-refractivity contribution in [3.05, 3.63) is 35.5 Å². The minimum Gasteiger partial charge on any atom is -0.310 e. The molecule has 1 unspecified atom stereocenters. The molecule has 4 nitrogen and oxygen atoms in total. The fraction of sp³-hybridized carbons (Fsp3) is 0.529. The van der Waals surface area contributed by atoms with Crippen molar-refractivity contribution in [1.29, 1.82) is 0 Å². The summed E-state index contributed by atoms with van der Waals surface area (Å²) in [5.74, 6) is 0. The van der Waals surface area contributed by atoms with Gasteiger partial charge in [-0.2, -0.15) is 0 Å². The lowest BCUT2D eigenvalue weighted by atomic mass is 10.0. The average molecular weight is 284 g/mol. The van der Waals surface area contributed by atoms with Crippen molar-refractivity contribution >= 4 is 0 Å². The summed E-state index contributed by atoms with van der Waals surface area (Å²) in [6.45, 7) is 6.40. The second-order valence-corrected chi connectivity index (χ2v) is 5.80. The number of aromatic nitrogens is 3. The van der Waals surface area contributed by atoms with Gasteiger partial charge in [0.25, 0.3) is 0 Å². The smallest absolute Gasteiger partial charge is 0.0885 e. The highest BCUT2D eigenvalue weighted by molar-refractivity contribution is 5.61. The predicted octanol–water partition coefficient (Wildman–Crippen LogP) is 3.34. The SMILES string of the molecule is CCCNC1CCc2cc(-c3cnnn3CCC)ccc21. The third-order valence-corrected chi connectivity index (χ3v) is 4.21. The molecule has 1 aliphatic carbocycles. The monoisotopic (exact) mass is 284 g/mol. The van der Waals surface area contributed by atoms with E-state index < -0.39 is 0 Å². The van der Waals surface area contributed by atoms with Crippen molar-refractivity contribution in [1.82, 2.24) is 20.3 Å². The molecule has 1 aromatic carbocycles. The van der Waals surface area contributed by atoms with Crippen molar-refractivity contribution in [2.75, 3.05) is 6.54 Å². The molecule has 1 N–H and O–H groups in total. The first kappa shape index (κ1) is 14.3. The lowest BCUT2D eigenvalue weighted by Gasteiger charge is -2.14. The minimum absolute atomic E-state index is 0.535. The maximum Gasteiger partial charge on any atom is 0.0885 e. The van der Waals surface area contributed by atoms with E-state index in [0.29, 0.717) is 6.04 Å². The molecule has 0 aliphatic heterocycles. The molecule has 4 heteroatoms. The maximum atomic E-state index is 4.19. The molecular weight excluding hydrogens is 260 g/mol. The molecule has 1 atom stereocenters. The third-order valence-electron chi connectivity index (χ3n) is 4.21. The van der Waals surface area contributed by atoms with E-state index in [1.54, 1.807) is 0 Å². The molecule has 0 saturated heterocycles. The Bertz CT molecular complexity index is 603. The number of nitrogens with one attached hydrogen (secondary N) is 1. The second kappa shape index (κ2) is 6.39. The molecule has 0 saturated carbocycles. The van der Waals surface area contributed by atoms with Gasteiger partial charge in [0, 0.05) is 18.2 Å². The van der Waals surface area contributed by atoms with Gasteiger partial charge < -0.3 is 5.32 Å². The highest BCUT2D eigenvalue weighted by Crippen LogP contribution is 2.34. The van der Waals surface area contributed by atoms with Crippen molar-refractivity contribution < 1.29 is 0 Å². The molecule has 0 amide bonds. The first-order valence-corrected chi connectivity index (χ1v) is 8.08. The number of rotatable bonds is 6. The second-order valence-electron chi connectivity index (χ2n) is 5.80. The highest BCUT2D eigenvalue weighted by Gasteiger charge is 2.22. The first-order valence-electron chi connectivity index (χ1n) is 8.08. The van der Waals surface area contributed by atoms with Crippen molar-refractivity contribution in [3.63, 3.8) is 0 Å². The molecule has 112 valence electrons. The molecule has 2 aromatic rings. The van der Waals surface area contributed by atoms with Gasteiger partial charge in [-0.05, 0) is 49.4 Å². The Labute approximate surface area is 126 Å². The van der Waals surface area contributed by atoms with Gasteiger partial charge in [0.2, 0.25) is 0 Å². The number of fused-ring (bicyclic) bond motifs is 1. The van der Waals surface area contributed by atoms with Crippen molar-refractivity contribution in [2.24, 2.45) is 0 Å². The molecule has 21 heavy (non-hydrogen) atoms. The Morgan fingerprint density at radius 3 is 3.00 bits per heavy atom. The summed E-state index contributed by atoms with van der Waals surface area (Å²) in [7, 11) is 0. The molecule has 0 spiro atoms. The summed E-state index contributed by atoms with van der Waals surface area (Å²) < 4.78 is 2.00. The Morgan fingerprint density at radius 1 is 1.29 bits per heavy atom. The van der Waals surface area contributed by atoms with Gasteiger partial charge in [0.05, 0.1) is 11.9 Å². The van der Waals surface area contributed by atoms with E-state index in [0.717, 1.165) is 25.2 Å². The molecule has 3 rings (SSSR count). The van der Waals surface area contributed by atoms with Crippen LogP contribution < -0.4 is 5.32 Å². The molecule has 1 aliphatic rings. The van der Waals surface area contributed by atoms with E-state index in [9.17, 15) is 0 Å². The average Bonchev–Trinajstić information content (AvgIpc) is 3.11. The van der Waals surface area contributed by atoms with E-state index in [4.69, 9.17) is 0 Å². The fourth-order valence-corrected chi connectivity index (χ4v) is 3.17. The van der Waals surface area contributed by atoms with Crippen LogP contribution >= 0.6 is 0 Å². The number of hydrogen-bond donors (Lipinski definition) is 1. The van der Waals surface area contributed by atoms with Crippen LogP contribution in [0.3, 0.4) is 0 Å². The number of aryl methyl sites for hydroxylation is 2. The van der Waals surface area contributed by atoms with Gasteiger partial charge in [0.15, 0.2) is 0 Å². The van der Waals surface area contributed by atoms with Crippen molar-refractivity contribution in [3.8, 4) is 11.3 Å². The summed E-state index contributed by atoms with van der Waals surface area (Å²) in [6, 6.07) is 7.37. The van der Waals surface area contributed by atoms with Gasteiger partial charge in [0.1, 0.15) is 0 Å². The van der Waals surface area contributed by atoms with Gasteiger partial charge in [-0.1, -0.05) is 31.2 Å². The topological polar surface area (TPSA) is 42.7 Å². The van der Waals surface area contributed by atoms with Crippen LogP contribution in [0.4, 0.5) is 0 Å². The number of hydrogen-bond acceptors (Lipinski definition) is 3. The maximum absolute atomic E-state index is 4.19. The standard InChI is InChI=1S/C17H24N4/c1-3-9-18-16-8-6-13-11-14(5-7-15(13)16)17-12-19-20-21(17)10-4-2/h5,7,11-12,16,18H,3-4,6,8-10H2,1-2H3. The van der Waals surface area contributed by atoms with E-state index in [1.165, 1.54) is 36.0 Å². The number of nitrogens with zero attached hydrogens (tertiary/aromatic N) is 3. The van der Waals surface area contributed by atoms with E-state index >= 15 is 0 Å². The Kier molecular flexibility index (Phi) is 4.34. The Balaban J connectivity index is 1.85. The predicted molar refractivity (Wildman–Crippen MR) is 85.1 cm³/mol. The quantitative estimate of drug-likeness (QED) is 0.884. The fourth-order valence-electron chi connectivity index (χ4n) is 3.17. The van der Waals surface area contributed by atoms with E-state index in [2.05, 4.69) is 47.7 Å². The van der Waals surface area contributed by atoms with Gasteiger partial charge in [-0.25, -0.2) is 4.68 Å². The Hall–Kier alpha value is -1.68. The zero-order chi connectivity index (χ0) is 14.7. The molecule has 1 aromatic heterocycles. The van der Waals surface area contributed by atoms with Gasteiger partial charge >= 0.3 is 0 Å². The zero-order valence-electron chi connectivity index (χ0n) is 13.0. The summed E-state index contributed by atoms with van der Waals surface area (Å²) in [4.78, 5) is 0.